The predicted octanol–water partition coefficient (Wildman–Crippen LogP) is 4.27. The fourth-order valence-corrected chi connectivity index (χ4v) is 5.73. The SMILES string of the molecule is CC(C)[C@@H]1SC(=NC23CCC(c4ccccc4)(CC2)CC3)NC1=O. The third-order valence-corrected chi connectivity index (χ3v) is 7.69. The Hall–Kier alpha value is -1.29. The molecular weight excluding hydrogens is 316 g/mol. The minimum atomic E-state index is 0.0238. The highest BCUT2D eigenvalue weighted by molar-refractivity contribution is 8.15. The van der Waals surface area contributed by atoms with Gasteiger partial charge in [0.05, 0.1) is 10.8 Å². The van der Waals surface area contributed by atoms with Crippen LogP contribution >= 0.6 is 11.8 Å². The van der Waals surface area contributed by atoms with E-state index >= 15 is 0 Å². The molecule has 24 heavy (non-hydrogen) atoms. The molecule has 1 heterocycles. The molecule has 1 saturated heterocycles. The van der Waals surface area contributed by atoms with Crippen LogP contribution in [0.1, 0.15) is 57.9 Å². The zero-order valence-corrected chi connectivity index (χ0v) is 15.4. The van der Waals surface area contributed by atoms with Crippen molar-refractivity contribution in [2.45, 2.75) is 68.6 Å². The number of amidine groups is 1. The second-order valence-corrected chi connectivity index (χ2v) is 9.19. The van der Waals surface area contributed by atoms with Crippen LogP contribution in [0.5, 0.6) is 0 Å². The minimum absolute atomic E-state index is 0.0238. The van der Waals surface area contributed by atoms with E-state index in [0.29, 0.717) is 11.3 Å². The molecule has 4 aliphatic rings. The molecule has 0 spiro atoms. The normalized spacial score (nSPS) is 37.2. The summed E-state index contributed by atoms with van der Waals surface area (Å²) in [5.74, 6) is 0.485. The van der Waals surface area contributed by atoms with Gasteiger partial charge in [-0.3, -0.25) is 9.79 Å². The first kappa shape index (κ1) is 16.2. The Morgan fingerprint density at radius 3 is 2.25 bits per heavy atom. The smallest absolute Gasteiger partial charge is 0.239 e. The molecule has 5 rings (SSSR count). The number of benzene rings is 1. The molecule has 0 radical (unpaired) electrons. The first-order chi connectivity index (χ1) is 11.5. The fourth-order valence-electron chi connectivity index (χ4n) is 4.65. The summed E-state index contributed by atoms with van der Waals surface area (Å²) in [5, 5.41) is 3.92. The summed E-state index contributed by atoms with van der Waals surface area (Å²) >= 11 is 1.64. The van der Waals surface area contributed by atoms with Crippen molar-refractivity contribution in [3.8, 4) is 0 Å². The highest BCUT2D eigenvalue weighted by Crippen LogP contribution is 2.55. The van der Waals surface area contributed by atoms with E-state index in [4.69, 9.17) is 4.99 Å². The Kier molecular flexibility index (Phi) is 3.98. The Morgan fingerprint density at radius 2 is 1.71 bits per heavy atom. The topological polar surface area (TPSA) is 41.5 Å². The first-order valence-corrected chi connectivity index (χ1v) is 10.0. The molecule has 2 bridgehead atoms. The summed E-state index contributed by atoms with van der Waals surface area (Å²) in [7, 11) is 0. The Morgan fingerprint density at radius 1 is 1.08 bits per heavy atom. The third-order valence-electron chi connectivity index (χ3n) is 6.26. The number of thioether (sulfide) groups is 1. The van der Waals surface area contributed by atoms with E-state index in [1.165, 1.54) is 24.8 Å². The largest absolute Gasteiger partial charge is 0.304 e. The van der Waals surface area contributed by atoms with Crippen molar-refractivity contribution >= 4 is 22.8 Å². The van der Waals surface area contributed by atoms with Gasteiger partial charge >= 0.3 is 0 Å². The molecule has 1 aromatic carbocycles. The zero-order chi connectivity index (χ0) is 16.8. The third kappa shape index (κ3) is 2.69. The first-order valence-electron chi connectivity index (χ1n) is 9.15. The Bertz CT molecular complexity index is 643. The van der Waals surface area contributed by atoms with Gasteiger partial charge in [0.25, 0.3) is 0 Å². The summed E-state index contributed by atoms with van der Waals surface area (Å²) in [6.45, 7) is 4.21. The lowest BCUT2D eigenvalue weighted by Gasteiger charge is -2.52. The standard InChI is InChI=1S/C20H26N2OS/c1-14(2)16-17(23)21-18(24-16)22-20-11-8-19(9-12-20,10-13-20)15-6-4-3-5-7-15/h3-7,14,16H,8-13H2,1-2H3,(H,21,22,23)/t16-,19?,20?/m0/s1. The molecule has 3 nitrogen and oxygen atoms in total. The Labute approximate surface area is 148 Å². The van der Waals surface area contributed by atoms with E-state index in [1.54, 1.807) is 11.8 Å². The van der Waals surface area contributed by atoms with Crippen LogP contribution in [0, 0.1) is 5.92 Å². The number of aliphatic imine (C=N–C) groups is 1. The van der Waals surface area contributed by atoms with Crippen molar-refractivity contribution in [1.29, 1.82) is 0 Å². The van der Waals surface area contributed by atoms with Gasteiger partial charge in [0, 0.05) is 0 Å². The predicted molar refractivity (Wildman–Crippen MR) is 100 cm³/mol. The van der Waals surface area contributed by atoms with Crippen LogP contribution in [0.4, 0.5) is 0 Å². The second-order valence-electron chi connectivity index (χ2n) is 8.06. The molecule has 1 amide bonds. The maximum absolute atomic E-state index is 12.1. The van der Waals surface area contributed by atoms with Crippen LogP contribution < -0.4 is 5.32 Å². The quantitative estimate of drug-likeness (QED) is 0.891. The van der Waals surface area contributed by atoms with Crippen LogP contribution in [0.25, 0.3) is 0 Å². The van der Waals surface area contributed by atoms with Gasteiger partial charge in [-0.05, 0) is 55.4 Å². The zero-order valence-electron chi connectivity index (χ0n) is 14.5. The average molecular weight is 343 g/mol. The maximum Gasteiger partial charge on any atom is 0.239 e. The van der Waals surface area contributed by atoms with Gasteiger partial charge in [-0.15, -0.1) is 0 Å². The molecule has 4 heteroatoms. The van der Waals surface area contributed by atoms with Crippen LogP contribution in [0.3, 0.4) is 0 Å². The number of fused-ring (bicyclic) bond motifs is 3. The van der Waals surface area contributed by atoms with Crippen molar-refractivity contribution in [1.82, 2.24) is 5.32 Å². The average Bonchev–Trinajstić information content (AvgIpc) is 2.97. The molecule has 1 aromatic rings. The Balaban J connectivity index is 1.51. The maximum atomic E-state index is 12.1. The van der Waals surface area contributed by atoms with Crippen molar-refractivity contribution in [3.63, 3.8) is 0 Å². The molecule has 3 saturated carbocycles. The molecule has 1 N–H and O–H groups in total. The van der Waals surface area contributed by atoms with Gasteiger partial charge in [-0.2, -0.15) is 0 Å². The van der Waals surface area contributed by atoms with Crippen molar-refractivity contribution in [2.75, 3.05) is 0 Å². The monoisotopic (exact) mass is 342 g/mol. The van der Waals surface area contributed by atoms with E-state index in [0.717, 1.165) is 24.4 Å². The van der Waals surface area contributed by atoms with Gasteiger partial charge < -0.3 is 5.32 Å². The number of hydrogen-bond acceptors (Lipinski definition) is 3. The van der Waals surface area contributed by atoms with Gasteiger partial charge in [0.15, 0.2) is 5.17 Å². The minimum Gasteiger partial charge on any atom is -0.304 e. The molecule has 0 aromatic heterocycles. The molecule has 128 valence electrons. The molecule has 1 atom stereocenters. The van der Waals surface area contributed by atoms with Crippen LogP contribution in [-0.2, 0) is 10.2 Å². The van der Waals surface area contributed by atoms with Gasteiger partial charge in [-0.25, -0.2) is 0 Å². The summed E-state index contributed by atoms with van der Waals surface area (Å²) in [4.78, 5) is 17.2. The molecule has 3 aliphatic carbocycles. The number of rotatable bonds is 3. The van der Waals surface area contributed by atoms with Gasteiger partial charge in [0.1, 0.15) is 0 Å². The molecule has 1 aliphatic heterocycles. The van der Waals surface area contributed by atoms with Crippen LogP contribution in [0.2, 0.25) is 0 Å². The van der Waals surface area contributed by atoms with E-state index in [1.807, 2.05) is 0 Å². The number of nitrogens with zero attached hydrogens (tertiary/aromatic N) is 1. The fraction of sp³-hybridized carbons (Fsp3) is 0.600. The lowest BCUT2D eigenvalue weighted by Crippen LogP contribution is -2.47. The second kappa shape index (κ2) is 5.91. The highest BCUT2D eigenvalue weighted by Gasteiger charge is 2.50. The summed E-state index contributed by atoms with van der Waals surface area (Å²) < 4.78 is 0. The van der Waals surface area contributed by atoms with Crippen LogP contribution in [-0.4, -0.2) is 21.9 Å². The lowest BCUT2D eigenvalue weighted by atomic mass is 9.55. The van der Waals surface area contributed by atoms with Crippen molar-refractivity contribution in [3.05, 3.63) is 35.9 Å². The lowest BCUT2D eigenvalue weighted by molar-refractivity contribution is -0.119. The van der Waals surface area contributed by atoms with E-state index < -0.39 is 0 Å². The van der Waals surface area contributed by atoms with Crippen LogP contribution in [0.15, 0.2) is 35.3 Å². The van der Waals surface area contributed by atoms with Gasteiger partial charge in [0.2, 0.25) is 5.91 Å². The molecule has 0 unspecified atom stereocenters. The van der Waals surface area contributed by atoms with E-state index in [2.05, 4.69) is 49.5 Å². The summed E-state index contributed by atoms with van der Waals surface area (Å²) in [6, 6.07) is 11.0. The number of nitrogens with one attached hydrogen (secondary N) is 1. The van der Waals surface area contributed by atoms with Crippen molar-refractivity contribution < 1.29 is 4.79 Å². The highest BCUT2D eigenvalue weighted by atomic mass is 32.2. The molecule has 4 fully saturated rings. The van der Waals surface area contributed by atoms with Gasteiger partial charge in [-0.1, -0.05) is 55.9 Å². The van der Waals surface area contributed by atoms with E-state index in [-0.39, 0.29) is 16.7 Å². The van der Waals surface area contributed by atoms with E-state index in [9.17, 15) is 4.79 Å². The number of hydrogen-bond donors (Lipinski definition) is 1. The summed E-state index contributed by atoms with van der Waals surface area (Å²) in [5.41, 5.74) is 1.95. The number of carbonyl (C=O) groups excluding carboxylic acids is 1. The number of carbonyl (C=O) groups is 1. The van der Waals surface area contributed by atoms with Crippen molar-refractivity contribution in [2.24, 2.45) is 10.9 Å². The summed E-state index contributed by atoms with van der Waals surface area (Å²) in [6.07, 6.45) is 7.11. The molecular formula is C20H26N2OS. The number of amides is 1.